The molecular weight excluding hydrogens is 212 g/mol. The molecule has 0 saturated heterocycles. The van der Waals surface area contributed by atoms with Crippen molar-refractivity contribution in [1.82, 2.24) is 0 Å². The Morgan fingerprint density at radius 2 is 1.88 bits per heavy atom. The first-order chi connectivity index (χ1) is 7.63. The summed E-state index contributed by atoms with van der Waals surface area (Å²) in [6, 6.07) is 2.68. The Hall–Kier alpha value is -1.16. The quantitative estimate of drug-likeness (QED) is 0.860. The summed E-state index contributed by atoms with van der Waals surface area (Å²) < 4.78 is 31.7. The van der Waals surface area contributed by atoms with Gasteiger partial charge in [-0.15, -0.1) is 0 Å². The van der Waals surface area contributed by atoms with Crippen LogP contribution in [0.5, 0.6) is 5.75 Å². The largest absolute Gasteiger partial charge is 0.491 e. The second kappa shape index (κ2) is 4.01. The van der Waals surface area contributed by atoms with Gasteiger partial charge in [-0.3, -0.25) is 0 Å². The lowest BCUT2D eigenvalue weighted by Crippen LogP contribution is -2.41. The topological polar surface area (TPSA) is 35.2 Å². The predicted octanol–water partition coefficient (Wildman–Crippen LogP) is 2.35. The van der Waals surface area contributed by atoms with Gasteiger partial charge in [0.05, 0.1) is 7.11 Å². The molecule has 1 aliphatic carbocycles. The molecule has 1 aromatic rings. The van der Waals surface area contributed by atoms with E-state index in [9.17, 15) is 8.78 Å². The van der Waals surface area contributed by atoms with Gasteiger partial charge in [-0.2, -0.15) is 0 Å². The Morgan fingerprint density at radius 1 is 1.31 bits per heavy atom. The van der Waals surface area contributed by atoms with Crippen LogP contribution in [-0.4, -0.2) is 13.7 Å². The van der Waals surface area contributed by atoms with Crippen LogP contribution in [0.25, 0.3) is 0 Å². The minimum Gasteiger partial charge on any atom is -0.491 e. The number of halogens is 2. The highest BCUT2D eigenvalue weighted by Crippen LogP contribution is 2.44. The van der Waals surface area contributed by atoms with Crippen LogP contribution in [0.1, 0.15) is 24.8 Å². The highest BCUT2D eigenvalue weighted by atomic mass is 19.1. The first-order valence-electron chi connectivity index (χ1n) is 5.36. The molecule has 1 aromatic carbocycles. The Kier molecular flexibility index (Phi) is 2.84. The zero-order chi connectivity index (χ0) is 11.8. The number of rotatable bonds is 3. The molecule has 0 spiro atoms. The fraction of sp³-hybridized carbons (Fsp3) is 0.500. The van der Waals surface area contributed by atoms with Gasteiger partial charge in [0.2, 0.25) is 0 Å². The van der Waals surface area contributed by atoms with Crippen LogP contribution in [0.15, 0.2) is 12.1 Å². The third-order valence-electron chi connectivity index (χ3n) is 3.52. The van der Waals surface area contributed by atoms with E-state index in [2.05, 4.69) is 4.74 Å². The van der Waals surface area contributed by atoms with E-state index in [0.717, 1.165) is 19.3 Å². The van der Waals surface area contributed by atoms with Gasteiger partial charge in [0.15, 0.2) is 17.4 Å². The minimum absolute atomic E-state index is 0.228. The van der Waals surface area contributed by atoms with Gasteiger partial charge in [-0.1, -0.05) is 6.42 Å². The molecular formula is C12H15F2NO. The fourth-order valence-corrected chi connectivity index (χ4v) is 2.28. The molecule has 0 atom stereocenters. The van der Waals surface area contributed by atoms with Gasteiger partial charge in [-0.25, -0.2) is 8.78 Å². The molecule has 4 heteroatoms. The highest BCUT2D eigenvalue weighted by molar-refractivity contribution is 5.37. The van der Waals surface area contributed by atoms with E-state index in [-0.39, 0.29) is 11.2 Å². The number of hydrogen-bond acceptors (Lipinski definition) is 2. The van der Waals surface area contributed by atoms with Gasteiger partial charge in [0.25, 0.3) is 0 Å². The molecule has 0 radical (unpaired) electrons. The number of hydrogen-bond donors (Lipinski definition) is 1. The summed E-state index contributed by atoms with van der Waals surface area (Å²) in [4.78, 5) is 0. The molecule has 0 heterocycles. The summed E-state index contributed by atoms with van der Waals surface area (Å²) in [6.45, 7) is 0.429. The van der Waals surface area contributed by atoms with Crippen LogP contribution in [0.4, 0.5) is 8.78 Å². The van der Waals surface area contributed by atoms with Gasteiger partial charge >= 0.3 is 0 Å². The van der Waals surface area contributed by atoms with Crippen LogP contribution in [-0.2, 0) is 5.41 Å². The average Bonchev–Trinajstić information content (AvgIpc) is 2.16. The standard InChI is InChI=1S/C12H15F2NO/c1-16-11-9(13)5-8(6-10(11)14)12(7-15)3-2-4-12/h5-6H,2-4,7,15H2,1H3. The molecule has 0 amide bonds. The van der Waals surface area contributed by atoms with Gasteiger partial charge < -0.3 is 10.5 Å². The van der Waals surface area contributed by atoms with Crippen molar-refractivity contribution in [2.45, 2.75) is 24.7 Å². The Morgan fingerprint density at radius 3 is 2.19 bits per heavy atom. The van der Waals surface area contributed by atoms with E-state index in [1.54, 1.807) is 0 Å². The van der Waals surface area contributed by atoms with Crippen molar-refractivity contribution >= 4 is 0 Å². The summed E-state index contributed by atoms with van der Waals surface area (Å²) >= 11 is 0. The van der Waals surface area contributed by atoms with Crippen LogP contribution < -0.4 is 10.5 Å². The summed E-state index contributed by atoms with van der Waals surface area (Å²) in [6.07, 6.45) is 2.86. The van der Waals surface area contributed by atoms with E-state index >= 15 is 0 Å². The van der Waals surface area contributed by atoms with Crippen molar-refractivity contribution in [3.05, 3.63) is 29.3 Å². The van der Waals surface area contributed by atoms with E-state index in [4.69, 9.17) is 5.73 Å². The van der Waals surface area contributed by atoms with Gasteiger partial charge in [0.1, 0.15) is 0 Å². The molecule has 0 unspecified atom stereocenters. The fourth-order valence-electron chi connectivity index (χ4n) is 2.28. The Balaban J connectivity index is 2.43. The summed E-state index contributed by atoms with van der Waals surface area (Å²) in [7, 11) is 1.25. The van der Waals surface area contributed by atoms with Gasteiger partial charge in [-0.05, 0) is 30.5 Å². The number of ether oxygens (including phenoxy) is 1. The SMILES string of the molecule is COc1c(F)cc(C2(CN)CCC2)cc1F. The maximum Gasteiger partial charge on any atom is 0.190 e. The minimum atomic E-state index is -0.655. The van der Waals surface area contributed by atoms with E-state index in [0.29, 0.717) is 12.1 Å². The highest BCUT2D eigenvalue weighted by Gasteiger charge is 2.38. The van der Waals surface area contributed by atoms with Gasteiger partial charge in [0, 0.05) is 12.0 Å². The summed E-state index contributed by atoms with van der Waals surface area (Å²) in [5.41, 5.74) is 6.12. The van der Waals surface area contributed by atoms with E-state index in [1.807, 2.05) is 0 Å². The number of methoxy groups -OCH3 is 1. The first-order valence-corrected chi connectivity index (χ1v) is 5.36. The molecule has 0 aliphatic heterocycles. The van der Waals surface area contributed by atoms with Crippen molar-refractivity contribution in [3.63, 3.8) is 0 Å². The van der Waals surface area contributed by atoms with Crippen molar-refractivity contribution in [1.29, 1.82) is 0 Å². The van der Waals surface area contributed by atoms with Crippen LogP contribution >= 0.6 is 0 Å². The zero-order valence-corrected chi connectivity index (χ0v) is 9.22. The molecule has 0 bridgehead atoms. The number of benzene rings is 1. The molecule has 0 aromatic heterocycles. The Bertz CT molecular complexity index is 373. The van der Waals surface area contributed by atoms with E-state index < -0.39 is 11.6 Å². The van der Waals surface area contributed by atoms with Crippen molar-refractivity contribution in [2.75, 3.05) is 13.7 Å². The Labute approximate surface area is 93.4 Å². The lowest BCUT2D eigenvalue weighted by Gasteiger charge is -2.41. The molecule has 2 N–H and O–H groups in total. The molecule has 16 heavy (non-hydrogen) atoms. The normalized spacial score (nSPS) is 18.0. The molecule has 1 saturated carbocycles. The second-order valence-electron chi connectivity index (χ2n) is 4.31. The molecule has 1 fully saturated rings. The molecule has 2 nitrogen and oxygen atoms in total. The predicted molar refractivity (Wildman–Crippen MR) is 57.5 cm³/mol. The third kappa shape index (κ3) is 1.57. The monoisotopic (exact) mass is 227 g/mol. The zero-order valence-electron chi connectivity index (χ0n) is 9.22. The van der Waals surface area contributed by atoms with Crippen LogP contribution in [0.3, 0.4) is 0 Å². The smallest absolute Gasteiger partial charge is 0.190 e. The van der Waals surface area contributed by atoms with Crippen LogP contribution in [0, 0.1) is 11.6 Å². The summed E-state index contributed by atoms with van der Waals surface area (Å²) in [5, 5.41) is 0. The maximum atomic E-state index is 13.5. The maximum absolute atomic E-state index is 13.5. The first kappa shape index (κ1) is 11.3. The lowest BCUT2D eigenvalue weighted by atomic mass is 9.64. The second-order valence-corrected chi connectivity index (χ2v) is 4.31. The van der Waals surface area contributed by atoms with Crippen LogP contribution in [0.2, 0.25) is 0 Å². The average molecular weight is 227 g/mol. The lowest BCUT2D eigenvalue weighted by molar-refractivity contribution is 0.250. The van der Waals surface area contributed by atoms with Crippen molar-refractivity contribution in [3.8, 4) is 5.75 Å². The molecule has 1 aliphatic rings. The summed E-state index contributed by atoms with van der Waals surface area (Å²) in [5.74, 6) is -1.63. The molecule has 88 valence electrons. The van der Waals surface area contributed by atoms with Crippen molar-refractivity contribution < 1.29 is 13.5 Å². The number of nitrogens with two attached hydrogens (primary N) is 1. The third-order valence-corrected chi connectivity index (χ3v) is 3.52. The van der Waals surface area contributed by atoms with E-state index in [1.165, 1.54) is 19.2 Å². The molecule has 2 rings (SSSR count). The van der Waals surface area contributed by atoms with Crippen molar-refractivity contribution in [2.24, 2.45) is 5.73 Å².